The van der Waals surface area contributed by atoms with Gasteiger partial charge in [0.05, 0.1) is 22.4 Å². The molecule has 0 bridgehead atoms. The molecule has 2 aromatic carbocycles. The van der Waals surface area contributed by atoms with E-state index in [-0.39, 0.29) is 22.9 Å². The van der Waals surface area contributed by atoms with Crippen molar-refractivity contribution in [2.24, 2.45) is 0 Å². The van der Waals surface area contributed by atoms with Gasteiger partial charge in [-0.2, -0.15) is 26.3 Å². The summed E-state index contributed by atoms with van der Waals surface area (Å²) in [5.41, 5.74) is -2.27. The van der Waals surface area contributed by atoms with Gasteiger partial charge in [0.25, 0.3) is 5.91 Å². The summed E-state index contributed by atoms with van der Waals surface area (Å²) in [4.78, 5) is 25.5. The van der Waals surface area contributed by atoms with Crippen LogP contribution in [-0.4, -0.2) is 54.0 Å². The monoisotopic (exact) mass is 601 g/mol. The number of hydrogen-bond donors (Lipinski definition) is 1. The second-order valence-electron chi connectivity index (χ2n) is 8.72. The summed E-state index contributed by atoms with van der Waals surface area (Å²) in [6, 6.07) is 8.32. The third-order valence-electron chi connectivity index (χ3n) is 5.95. The van der Waals surface area contributed by atoms with E-state index in [0.717, 1.165) is 18.0 Å². The smallest absolute Gasteiger partial charge is 0.338 e. The number of carbonyl (C=O) groups excluding carboxylic acids is 1. The SMILES string of the molecule is CN(Cc1cc(C(F)(F)F)cc(C(F)(F)F)c1)C(=O)c1cnc(N2CCNCC2)nc1-c1ccccc1Br. The minimum Gasteiger partial charge on any atom is -0.338 e. The molecule has 1 saturated heterocycles. The Bertz CT molecular complexity index is 1290. The fourth-order valence-electron chi connectivity index (χ4n) is 4.07. The molecule has 1 amide bonds. The Morgan fingerprint density at radius 3 is 2.21 bits per heavy atom. The van der Waals surface area contributed by atoms with Crippen molar-refractivity contribution in [1.82, 2.24) is 20.2 Å². The highest BCUT2D eigenvalue weighted by Crippen LogP contribution is 2.37. The number of amides is 1. The molecule has 1 N–H and O–H groups in total. The number of nitrogens with zero attached hydrogens (tertiary/aromatic N) is 4. The average Bonchev–Trinajstić information content (AvgIpc) is 2.87. The maximum Gasteiger partial charge on any atom is 0.416 e. The molecule has 4 rings (SSSR count). The normalized spacial score (nSPS) is 14.5. The number of rotatable bonds is 5. The fraction of sp³-hybridized carbons (Fsp3) is 0.320. The van der Waals surface area contributed by atoms with Crippen molar-refractivity contribution in [1.29, 1.82) is 0 Å². The Hall–Kier alpha value is -3.19. The lowest BCUT2D eigenvalue weighted by atomic mass is 10.0. The number of benzene rings is 2. The standard InChI is InChI=1S/C25H22BrF6N5O/c1-36(14-15-10-16(24(27,28)29)12-17(11-15)25(30,31)32)22(38)19-13-34-23(37-8-6-33-7-9-37)35-21(19)18-4-2-3-5-20(18)26/h2-5,10-13,33H,6-9,14H2,1H3. The lowest BCUT2D eigenvalue weighted by molar-refractivity contribution is -0.143. The molecule has 0 saturated carbocycles. The zero-order valence-electron chi connectivity index (χ0n) is 20.0. The van der Waals surface area contributed by atoms with Gasteiger partial charge in [-0.15, -0.1) is 0 Å². The maximum absolute atomic E-state index is 13.5. The molecule has 0 atom stereocenters. The molecule has 2 heterocycles. The number of piperazine rings is 1. The summed E-state index contributed by atoms with van der Waals surface area (Å²) in [6.07, 6.45) is -8.64. The molecule has 13 heteroatoms. The lowest BCUT2D eigenvalue weighted by Gasteiger charge is -2.28. The van der Waals surface area contributed by atoms with Crippen molar-refractivity contribution in [2.75, 3.05) is 38.1 Å². The highest BCUT2D eigenvalue weighted by molar-refractivity contribution is 9.10. The number of halogens is 7. The number of nitrogens with one attached hydrogen (secondary N) is 1. The van der Waals surface area contributed by atoms with Crippen LogP contribution in [0.5, 0.6) is 0 Å². The van der Waals surface area contributed by atoms with Crippen LogP contribution >= 0.6 is 15.9 Å². The zero-order chi connectivity index (χ0) is 27.7. The van der Waals surface area contributed by atoms with Crippen molar-refractivity contribution >= 4 is 27.8 Å². The Kier molecular flexibility index (Phi) is 7.98. The first-order valence-corrected chi connectivity index (χ1v) is 12.3. The van der Waals surface area contributed by atoms with Gasteiger partial charge in [0.15, 0.2) is 0 Å². The minimum atomic E-state index is -4.99. The molecule has 0 spiro atoms. The van der Waals surface area contributed by atoms with Crippen LogP contribution in [-0.2, 0) is 18.9 Å². The van der Waals surface area contributed by atoms with Crippen LogP contribution in [0, 0.1) is 0 Å². The molecule has 38 heavy (non-hydrogen) atoms. The van der Waals surface area contributed by atoms with Gasteiger partial charge in [-0.3, -0.25) is 4.79 Å². The summed E-state index contributed by atoms with van der Waals surface area (Å²) >= 11 is 3.46. The van der Waals surface area contributed by atoms with Crippen LogP contribution < -0.4 is 10.2 Å². The Balaban J connectivity index is 1.71. The molecule has 0 radical (unpaired) electrons. The second-order valence-corrected chi connectivity index (χ2v) is 9.58. The molecule has 0 aliphatic carbocycles. The highest BCUT2D eigenvalue weighted by Gasteiger charge is 2.37. The average molecular weight is 602 g/mol. The summed E-state index contributed by atoms with van der Waals surface area (Å²) in [5.74, 6) is -0.252. The van der Waals surface area contributed by atoms with Crippen molar-refractivity contribution in [3.05, 3.63) is 75.4 Å². The number of alkyl halides is 6. The van der Waals surface area contributed by atoms with E-state index in [1.165, 1.54) is 13.2 Å². The van der Waals surface area contributed by atoms with Gasteiger partial charge in [0, 0.05) is 56.0 Å². The van der Waals surface area contributed by atoms with Crippen LogP contribution in [0.4, 0.5) is 32.3 Å². The molecular weight excluding hydrogens is 580 g/mol. The van der Waals surface area contributed by atoms with E-state index < -0.39 is 35.9 Å². The molecular formula is C25H22BrF6N5O. The topological polar surface area (TPSA) is 61.4 Å². The molecule has 1 fully saturated rings. The van der Waals surface area contributed by atoms with Gasteiger partial charge in [-0.25, -0.2) is 9.97 Å². The van der Waals surface area contributed by atoms with Crippen LogP contribution in [0.2, 0.25) is 0 Å². The summed E-state index contributed by atoms with van der Waals surface area (Å²) < 4.78 is 80.4. The molecule has 1 aliphatic heterocycles. The Labute approximate surface area is 222 Å². The number of carbonyl (C=O) groups is 1. The van der Waals surface area contributed by atoms with Crippen molar-refractivity contribution in [3.63, 3.8) is 0 Å². The number of aromatic nitrogens is 2. The van der Waals surface area contributed by atoms with E-state index in [1.807, 2.05) is 4.90 Å². The molecule has 1 aromatic heterocycles. The third-order valence-corrected chi connectivity index (χ3v) is 6.64. The van der Waals surface area contributed by atoms with Crippen LogP contribution in [0.25, 0.3) is 11.3 Å². The van der Waals surface area contributed by atoms with Crippen molar-refractivity contribution in [2.45, 2.75) is 18.9 Å². The van der Waals surface area contributed by atoms with E-state index >= 15 is 0 Å². The van der Waals surface area contributed by atoms with Gasteiger partial charge in [-0.1, -0.05) is 34.1 Å². The fourth-order valence-corrected chi connectivity index (χ4v) is 4.54. The van der Waals surface area contributed by atoms with Crippen molar-refractivity contribution in [3.8, 4) is 11.3 Å². The summed E-state index contributed by atoms with van der Waals surface area (Å²) in [6.45, 7) is 2.27. The van der Waals surface area contributed by atoms with Crippen molar-refractivity contribution < 1.29 is 31.1 Å². The first-order valence-electron chi connectivity index (χ1n) is 11.5. The van der Waals surface area contributed by atoms with Crippen LogP contribution in [0.3, 0.4) is 0 Å². The number of hydrogen-bond acceptors (Lipinski definition) is 5. The summed E-state index contributed by atoms with van der Waals surface area (Å²) in [5, 5.41) is 3.23. The molecule has 202 valence electrons. The van der Waals surface area contributed by atoms with E-state index in [4.69, 9.17) is 0 Å². The second kappa shape index (κ2) is 10.9. The molecule has 1 aliphatic rings. The lowest BCUT2D eigenvalue weighted by Crippen LogP contribution is -2.44. The van der Waals surface area contributed by atoms with E-state index in [2.05, 4.69) is 31.2 Å². The Morgan fingerprint density at radius 2 is 1.63 bits per heavy atom. The van der Waals surface area contributed by atoms with Gasteiger partial charge in [0.2, 0.25) is 5.95 Å². The minimum absolute atomic E-state index is 0.0546. The molecule has 3 aromatic rings. The van der Waals surface area contributed by atoms with Crippen LogP contribution in [0.1, 0.15) is 27.0 Å². The first kappa shape index (κ1) is 27.8. The van der Waals surface area contributed by atoms with E-state index in [1.54, 1.807) is 24.3 Å². The zero-order valence-corrected chi connectivity index (χ0v) is 21.6. The van der Waals surface area contributed by atoms with Gasteiger partial charge >= 0.3 is 12.4 Å². The van der Waals surface area contributed by atoms with E-state index in [9.17, 15) is 31.1 Å². The van der Waals surface area contributed by atoms with Gasteiger partial charge in [0.1, 0.15) is 0 Å². The first-order chi connectivity index (χ1) is 17.8. The van der Waals surface area contributed by atoms with E-state index in [0.29, 0.717) is 41.2 Å². The maximum atomic E-state index is 13.5. The van der Waals surface area contributed by atoms with Crippen LogP contribution in [0.15, 0.2) is 53.1 Å². The highest BCUT2D eigenvalue weighted by atomic mass is 79.9. The Morgan fingerprint density at radius 1 is 1.03 bits per heavy atom. The van der Waals surface area contributed by atoms with Gasteiger partial charge in [-0.05, 0) is 29.8 Å². The summed E-state index contributed by atoms with van der Waals surface area (Å²) in [7, 11) is 1.30. The molecule has 0 unspecified atom stereocenters. The third kappa shape index (κ3) is 6.26. The number of anilines is 1. The largest absolute Gasteiger partial charge is 0.416 e. The quantitative estimate of drug-likeness (QED) is 0.384. The predicted octanol–water partition coefficient (Wildman–Crippen LogP) is 5.63. The predicted molar refractivity (Wildman–Crippen MR) is 132 cm³/mol. The van der Waals surface area contributed by atoms with Gasteiger partial charge < -0.3 is 15.1 Å². The molecule has 6 nitrogen and oxygen atoms in total.